The summed E-state index contributed by atoms with van der Waals surface area (Å²) >= 11 is 0. The molecule has 0 bridgehead atoms. The molecule has 0 aliphatic heterocycles. The van der Waals surface area contributed by atoms with Gasteiger partial charge in [0.25, 0.3) is 0 Å². The first-order valence-corrected chi connectivity index (χ1v) is 4.49. The quantitative estimate of drug-likeness (QED) is 0.448. The van der Waals surface area contributed by atoms with Gasteiger partial charge in [-0.25, -0.2) is 0 Å². The van der Waals surface area contributed by atoms with Gasteiger partial charge in [0, 0.05) is 19.3 Å². The maximum absolute atomic E-state index is 11.0. The molecule has 74 valence electrons. The van der Waals surface area contributed by atoms with Crippen molar-refractivity contribution < 1.29 is 14.3 Å². The number of allylic oxidation sites excluding steroid dienone is 1. The molecule has 0 N–H and O–H groups in total. The first-order valence-electron chi connectivity index (χ1n) is 4.49. The van der Waals surface area contributed by atoms with Gasteiger partial charge in [-0.3, -0.25) is 9.59 Å². The van der Waals surface area contributed by atoms with Crippen LogP contribution >= 0.6 is 0 Å². The molecule has 0 aliphatic carbocycles. The van der Waals surface area contributed by atoms with Gasteiger partial charge >= 0.3 is 5.97 Å². The fourth-order valence-electron chi connectivity index (χ4n) is 0.926. The lowest BCUT2D eigenvalue weighted by atomic mass is 10.1. The minimum Gasteiger partial charge on any atom is -0.466 e. The summed E-state index contributed by atoms with van der Waals surface area (Å²) in [5, 5.41) is 0. The molecule has 0 aromatic carbocycles. The minimum absolute atomic E-state index is 0.124. The molecule has 0 amide bonds. The molecule has 0 atom stereocenters. The molecule has 0 radical (unpaired) electrons. The highest BCUT2D eigenvalue weighted by Crippen LogP contribution is 2.01. The highest BCUT2D eigenvalue weighted by Gasteiger charge is 2.03. The second-order valence-corrected chi connectivity index (χ2v) is 2.69. The Balaban J connectivity index is 3.38. The third-order valence-electron chi connectivity index (χ3n) is 1.51. The van der Waals surface area contributed by atoms with Gasteiger partial charge in [-0.15, -0.1) is 6.58 Å². The molecule has 0 saturated heterocycles. The Hall–Kier alpha value is -1.12. The number of rotatable bonds is 7. The normalized spacial score (nSPS) is 9.31. The summed E-state index contributed by atoms with van der Waals surface area (Å²) < 4.78 is 4.71. The van der Waals surface area contributed by atoms with E-state index >= 15 is 0 Å². The van der Waals surface area contributed by atoms with Crippen LogP contribution in [0.5, 0.6) is 0 Å². The van der Waals surface area contributed by atoms with Gasteiger partial charge in [-0.05, 0) is 13.3 Å². The van der Waals surface area contributed by atoms with Crippen molar-refractivity contribution in [3.05, 3.63) is 12.7 Å². The van der Waals surface area contributed by atoms with E-state index in [4.69, 9.17) is 4.74 Å². The molecule has 0 aromatic rings. The largest absolute Gasteiger partial charge is 0.466 e. The monoisotopic (exact) mass is 184 g/mol. The van der Waals surface area contributed by atoms with Crippen LogP contribution in [0.4, 0.5) is 0 Å². The smallest absolute Gasteiger partial charge is 0.305 e. The van der Waals surface area contributed by atoms with Crippen molar-refractivity contribution in [3.8, 4) is 0 Å². The Morgan fingerprint density at radius 2 is 2.08 bits per heavy atom. The first-order chi connectivity index (χ1) is 6.20. The maximum atomic E-state index is 11.0. The molecule has 0 aliphatic rings. The average Bonchev–Trinajstić information content (AvgIpc) is 2.05. The Kier molecular flexibility index (Phi) is 6.88. The van der Waals surface area contributed by atoms with E-state index in [1.54, 1.807) is 13.0 Å². The Bertz CT molecular complexity index is 185. The number of carbonyl (C=O) groups is 2. The van der Waals surface area contributed by atoms with Crippen LogP contribution in [0.25, 0.3) is 0 Å². The van der Waals surface area contributed by atoms with Crippen molar-refractivity contribution >= 4 is 11.8 Å². The summed E-state index contributed by atoms with van der Waals surface area (Å²) in [6.07, 6.45) is 3.31. The molecule has 0 aromatic heterocycles. The van der Waals surface area contributed by atoms with Crippen molar-refractivity contribution in [2.75, 3.05) is 6.61 Å². The van der Waals surface area contributed by atoms with E-state index in [9.17, 15) is 9.59 Å². The second kappa shape index (κ2) is 7.53. The van der Waals surface area contributed by atoms with Crippen LogP contribution in [0, 0.1) is 0 Å². The molecule has 0 rings (SSSR count). The standard InChI is InChI=1S/C10H16O3/c1-3-6-9(11)7-5-8-10(12)13-4-2/h3H,1,4-8H2,2H3. The molecule has 0 unspecified atom stereocenters. The zero-order valence-corrected chi connectivity index (χ0v) is 8.04. The summed E-state index contributed by atoms with van der Waals surface area (Å²) in [4.78, 5) is 21.8. The topological polar surface area (TPSA) is 43.4 Å². The van der Waals surface area contributed by atoms with Crippen LogP contribution in [-0.2, 0) is 14.3 Å². The molecule has 13 heavy (non-hydrogen) atoms. The number of ether oxygens (including phenoxy) is 1. The average molecular weight is 184 g/mol. The summed E-state index contributed by atoms with van der Waals surface area (Å²) in [7, 11) is 0. The van der Waals surface area contributed by atoms with E-state index < -0.39 is 0 Å². The zero-order chi connectivity index (χ0) is 10.1. The first kappa shape index (κ1) is 11.9. The summed E-state index contributed by atoms with van der Waals surface area (Å²) in [6.45, 7) is 5.63. The third kappa shape index (κ3) is 7.25. The maximum Gasteiger partial charge on any atom is 0.305 e. The number of Topliss-reactive ketones (excluding diaryl/α,β-unsaturated/α-hetero) is 1. The van der Waals surface area contributed by atoms with Crippen molar-refractivity contribution in [3.63, 3.8) is 0 Å². The van der Waals surface area contributed by atoms with Crippen molar-refractivity contribution in [1.82, 2.24) is 0 Å². The van der Waals surface area contributed by atoms with Crippen LogP contribution in [0.15, 0.2) is 12.7 Å². The molecule has 0 heterocycles. The Morgan fingerprint density at radius 1 is 1.38 bits per heavy atom. The van der Waals surface area contributed by atoms with E-state index in [0.29, 0.717) is 32.3 Å². The van der Waals surface area contributed by atoms with E-state index in [-0.39, 0.29) is 11.8 Å². The number of hydrogen-bond acceptors (Lipinski definition) is 3. The second-order valence-electron chi connectivity index (χ2n) is 2.69. The van der Waals surface area contributed by atoms with Crippen LogP contribution < -0.4 is 0 Å². The van der Waals surface area contributed by atoms with Crippen LogP contribution in [0.3, 0.4) is 0 Å². The van der Waals surface area contributed by atoms with E-state index in [1.165, 1.54) is 0 Å². The lowest BCUT2D eigenvalue weighted by Crippen LogP contribution is -2.05. The fourth-order valence-corrected chi connectivity index (χ4v) is 0.926. The highest BCUT2D eigenvalue weighted by atomic mass is 16.5. The van der Waals surface area contributed by atoms with Gasteiger partial charge in [-0.2, -0.15) is 0 Å². The number of ketones is 1. The third-order valence-corrected chi connectivity index (χ3v) is 1.51. The lowest BCUT2D eigenvalue weighted by molar-refractivity contribution is -0.143. The lowest BCUT2D eigenvalue weighted by Gasteiger charge is -2.00. The molecular weight excluding hydrogens is 168 g/mol. The van der Waals surface area contributed by atoms with E-state index in [1.807, 2.05) is 0 Å². The van der Waals surface area contributed by atoms with Crippen molar-refractivity contribution in [2.45, 2.75) is 32.6 Å². The predicted octanol–water partition coefficient (Wildman–Crippen LogP) is 1.86. The highest BCUT2D eigenvalue weighted by molar-refractivity contribution is 5.80. The van der Waals surface area contributed by atoms with Gasteiger partial charge in [-0.1, -0.05) is 6.08 Å². The van der Waals surface area contributed by atoms with Crippen LogP contribution in [0.2, 0.25) is 0 Å². The Morgan fingerprint density at radius 3 is 2.62 bits per heavy atom. The summed E-state index contributed by atoms with van der Waals surface area (Å²) in [5.41, 5.74) is 0. The minimum atomic E-state index is -0.228. The molecule has 0 spiro atoms. The Labute approximate surface area is 78.8 Å². The molecule has 0 saturated carbocycles. The van der Waals surface area contributed by atoms with Gasteiger partial charge in [0.2, 0.25) is 0 Å². The molecule has 0 fully saturated rings. The fraction of sp³-hybridized carbons (Fsp3) is 0.600. The number of carbonyl (C=O) groups excluding carboxylic acids is 2. The van der Waals surface area contributed by atoms with Gasteiger partial charge in [0.15, 0.2) is 0 Å². The molecular formula is C10H16O3. The SMILES string of the molecule is C=CCC(=O)CCCC(=O)OCC. The summed E-state index contributed by atoms with van der Waals surface area (Å²) in [6, 6.07) is 0. The van der Waals surface area contributed by atoms with Gasteiger partial charge in [0.05, 0.1) is 6.61 Å². The predicted molar refractivity (Wildman–Crippen MR) is 50.3 cm³/mol. The molecule has 3 nitrogen and oxygen atoms in total. The van der Waals surface area contributed by atoms with Gasteiger partial charge in [0.1, 0.15) is 5.78 Å². The van der Waals surface area contributed by atoms with Gasteiger partial charge < -0.3 is 4.74 Å². The number of hydrogen-bond donors (Lipinski definition) is 0. The zero-order valence-electron chi connectivity index (χ0n) is 8.04. The summed E-state index contributed by atoms with van der Waals surface area (Å²) in [5.74, 6) is -0.104. The van der Waals surface area contributed by atoms with E-state index in [0.717, 1.165) is 0 Å². The molecule has 3 heteroatoms. The number of esters is 1. The van der Waals surface area contributed by atoms with Crippen LogP contribution in [-0.4, -0.2) is 18.4 Å². The van der Waals surface area contributed by atoms with Crippen molar-refractivity contribution in [1.29, 1.82) is 0 Å². The van der Waals surface area contributed by atoms with E-state index in [2.05, 4.69) is 6.58 Å². The van der Waals surface area contributed by atoms with Crippen LogP contribution in [0.1, 0.15) is 32.6 Å². The van der Waals surface area contributed by atoms with Crippen molar-refractivity contribution in [2.24, 2.45) is 0 Å².